The monoisotopic (exact) mass is 906 g/mol. The number of phenols is 6. The SMILES string of the molecule is CCc1ccc(C2C(=C(\O)C=O)/C=C(\C)C(c3ccc(CC)cc3)c3cc(c(O)cc3O)C(c3ccc(CC)cc3)c3cc(c(O)cc3O)C(c3ccc(CC)cc3)c3cc2c(O)cc3O)cc1. The van der Waals surface area contributed by atoms with Gasteiger partial charge in [0.15, 0.2) is 12.0 Å². The molecule has 0 aromatic heterocycles. The quantitative estimate of drug-likeness (QED) is 0.0428. The summed E-state index contributed by atoms with van der Waals surface area (Å²) in [6, 6.07) is 40.2. The summed E-state index contributed by atoms with van der Waals surface area (Å²) in [4.78, 5) is 13.0. The van der Waals surface area contributed by atoms with Crippen LogP contribution in [-0.4, -0.2) is 42.0 Å². The van der Waals surface area contributed by atoms with Crippen LogP contribution in [0.5, 0.6) is 34.5 Å². The summed E-state index contributed by atoms with van der Waals surface area (Å²) in [5.41, 5.74) is 9.67. The average Bonchev–Trinajstić information content (AvgIpc) is 3.35. The van der Waals surface area contributed by atoms with Crippen LogP contribution in [0.25, 0.3) is 0 Å². The summed E-state index contributed by atoms with van der Waals surface area (Å²) in [7, 11) is 0. The second-order valence-corrected chi connectivity index (χ2v) is 17.9. The van der Waals surface area contributed by atoms with Crippen LogP contribution < -0.4 is 0 Å². The second-order valence-electron chi connectivity index (χ2n) is 17.9. The number of aromatic hydroxyl groups is 6. The lowest BCUT2D eigenvalue weighted by Crippen LogP contribution is -2.13. The third kappa shape index (κ3) is 8.94. The van der Waals surface area contributed by atoms with Gasteiger partial charge >= 0.3 is 0 Å². The molecule has 0 aliphatic heterocycles. The minimum atomic E-state index is -1.01. The highest BCUT2D eigenvalue weighted by atomic mass is 16.3. The van der Waals surface area contributed by atoms with E-state index in [9.17, 15) is 40.5 Å². The molecule has 1 aliphatic carbocycles. The van der Waals surface area contributed by atoms with Gasteiger partial charge in [-0.05, 0) is 95.3 Å². The molecular weight excluding hydrogens is 849 g/mol. The van der Waals surface area contributed by atoms with Crippen molar-refractivity contribution in [3.8, 4) is 34.5 Å². The van der Waals surface area contributed by atoms with E-state index < -0.39 is 29.4 Å². The number of fused-ring (bicyclic) bond motifs is 6. The second kappa shape index (κ2) is 19.6. The molecule has 6 bridgehead atoms. The molecule has 0 heterocycles. The Morgan fingerprint density at radius 1 is 0.397 bits per heavy atom. The highest BCUT2D eigenvalue weighted by Crippen LogP contribution is 2.52. The summed E-state index contributed by atoms with van der Waals surface area (Å²) < 4.78 is 0. The largest absolute Gasteiger partial charge is 0.507 e. The van der Waals surface area contributed by atoms with Crippen molar-refractivity contribution >= 4 is 6.29 Å². The smallest absolute Gasteiger partial charge is 0.184 e. The number of aryl methyl sites for hydroxylation is 4. The van der Waals surface area contributed by atoms with Crippen molar-refractivity contribution in [2.45, 2.75) is 84.0 Å². The number of hydrogen-bond donors (Lipinski definition) is 7. The fraction of sp³-hybridized carbons (Fsp3) is 0.217. The van der Waals surface area contributed by atoms with Crippen LogP contribution in [-0.2, 0) is 30.5 Å². The van der Waals surface area contributed by atoms with Crippen molar-refractivity contribution in [3.05, 3.63) is 234 Å². The number of phenolic OH excluding ortho intramolecular Hbond substituents is 6. The number of carbonyl (C=O) groups excluding carboxylic acids is 1. The Morgan fingerprint density at radius 3 is 0.926 bits per heavy atom. The van der Waals surface area contributed by atoms with Crippen molar-refractivity contribution in [1.29, 1.82) is 0 Å². The molecule has 0 amide bonds. The minimum absolute atomic E-state index is 0.141. The molecule has 8 rings (SSSR count). The fourth-order valence-electron chi connectivity index (χ4n) is 9.97. The topological polar surface area (TPSA) is 159 Å². The van der Waals surface area contributed by atoms with Crippen LogP contribution in [0, 0.1) is 0 Å². The maximum atomic E-state index is 13.0. The van der Waals surface area contributed by atoms with Gasteiger partial charge in [0.1, 0.15) is 34.5 Å². The van der Waals surface area contributed by atoms with E-state index in [0.717, 1.165) is 53.5 Å². The number of hydrogen-bond acceptors (Lipinski definition) is 8. The molecule has 0 fully saturated rings. The van der Waals surface area contributed by atoms with Crippen LogP contribution in [0.3, 0.4) is 0 Å². The molecule has 8 nitrogen and oxygen atoms in total. The van der Waals surface area contributed by atoms with Crippen molar-refractivity contribution in [2.75, 3.05) is 0 Å². The third-order valence-electron chi connectivity index (χ3n) is 13.8. The predicted molar refractivity (Wildman–Crippen MR) is 268 cm³/mol. The molecule has 0 spiro atoms. The molecule has 0 saturated heterocycles. The maximum Gasteiger partial charge on any atom is 0.184 e. The first kappa shape index (κ1) is 46.8. The zero-order valence-corrected chi connectivity index (χ0v) is 39.0. The molecule has 7 aromatic rings. The minimum Gasteiger partial charge on any atom is -0.507 e. The number of carbonyl (C=O) groups is 1. The molecule has 8 heteroatoms. The van der Waals surface area contributed by atoms with Crippen molar-refractivity contribution in [1.82, 2.24) is 0 Å². The molecule has 1 aliphatic rings. The third-order valence-corrected chi connectivity index (χ3v) is 13.8. The van der Waals surface area contributed by atoms with Gasteiger partial charge in [-0.1, -0.05) is 136 Å². The molecular formula is C60H58O8. The zero-order valence-electron chi connectivity index (χ0n) is 39.0. The predicted octanol–water partition coefficient (Wildman–Crippen LogP) is 12.8. The van der Waals surface area contributed by atoms with Gasteiger partial charge in [0.05, 0.1) is 0 Å². The number of aliphatic hydroxyl groups is 1. The van der Waals surface area contributed by atoms with E-state index in [1.165, 1.54) is 18.2 Å². The fourth-order valence-corrected chi connectivity index (χ4v) is 9.97. The van der Waals surface area contributed by atoms with Gasteiger partial charge in [-0.3, -0.25) is 4.79 Å². The van der Waals surface area contributed by atoms with Crippen LogP contribution >= 0.6 is 0 Å². The van der Waals surface area contributed by atoms with Gasteiger partial charge in [0, 0.05) is 80.8 Å². The summed E-state index contributed by atoms with van der Waals surface area (Å²) in [6.45, 7) is 10.0. The number of rotatable bonds is 9. The lowest BCUT2D eigenvalue weighted by molar-refractivity contribution is -0.107. The van der Waals surface area contributed by atoms with E-state index in [4.69, 9.17) is 0 Å². The Balaban J connectivity index is 1.56. The van der Waals surface area contributed by atoms with Gasteiger partial charge in [-0.15, -0.1) is 0 Å². The van der Waals surface area contributed by atoms with Crippen molar-refractivity contribution in [2.24, 2.45) is 0 Å². The first-order valence-corrected chi connectivity index (χ1v) is 23.4. The number of aliphatic hydroxyl groups excluding tert-OH is 1. The number of allylic oxidation sites excluding steroid dienone is 4. The first-order valence-electron chi connectivity index (χ1n) is 23.4. The number of aldehydes is 1. The molecule has 346 valence electrons. The molecule has 7 aromatic carbocycles. The van der Waals surface area contributed by atoms with Crippen LogP contribution in [0.1, 0.15) is 136 Å². The molecule has 68 heavy (non-hydrogen) atoms. The molecule has 4 atom stereocenters. The Bertz CT molecular complexity index is 3040. The average molecular weight is 907 g/mol. The summed E-state index contributed by atoms with van der Waals surface area (Å²) >= 11 is 0. The lowest BCUT2D eigenvalue weighted by atomic mass is 9.75. The number of benzene rings is 7. The highest BCUT2D eigenvalue weighted by Gasteiger charge is 2.34. The first-order chi connectivity index (χ1) is 32.8. The van der Waals surface area contributed by atoms with Gasteiger partial charge in [0.25, 0.3) is 0 Å². The molecule has 0 radical (unpaired) electrons. The van der Waals surface area contributed by atoms with Crippen LogP contribution in [0.2, 0.25) is 0 Å². The van der Waals surface area contributed by atoms with Crippen LogP contribution in [0.4, 0.5) is 0 Å². The molecule has 7 N–H and O–H groups in total. The Labute approximate surface area is 398 Å². The summed E-state index contributed by atoms with van der Waals surface area (Å²) in [5, 5.41) is 84.4. The van der Waals surface area contributed by atoms with E-state index >= 15 is 0 Å². The zero-order chi connectivity index (χ0) is 48.4. The lowest BCUT2D eigenvalue weighted by Gasteiger charge is -2.29. The molecule has 4 unspecified atom stereocenters. The van der Waals surface area contributed by atoms with E-state index in [0.29, 0.717) is 50.8 Å². The van der Waals surface area contributed by atoms with E-state index in [-0.39, 0.29) is 51.2 Å². The maximum absolute atomic E-state index is 13.0. The van der Waals surface area contributed by atoms with Gasteiger partial charge in [0.2, 0.25) is 0 Å². The van der Waals surface area contributed by atoms with Crippen molar-refractivity contribution in [3.63, 3.8) is 0 Å². The van der Waals surface area contributed by atoms with Gasteiger partial charge in [-0.2, -0.15) is 0 Å². The van der Waals surface area contributed by atoms with Crippen molar-refractivity contribution < 1.29 is 40.5 Å². The van der Waals surface area contributed by atoms with Gasteiger partial charge in [-0.25, -0.2) is 0 Å². The standard InChI is InChI=1S/C60H58O8/c1-6-35-10-18-39(19-11-35)57-34(5)26-43(56(68)33-61)58(40-20-12-36(7-2)13-21-40)46-28-47(53(65)31-52(46)64)60(42-24-16-38(9-4)17-25-42)49-29-48(54(66)32-55(49)67)59(41-22-14-37(8-3)15-23-41)45-27-44(57)50(62)30-51(45)63/h10-33,57-60,62-68H,6-9H2,1-5H3/b34-26+,56-43-. The van der Waals surface area contributed by atoms with Crippen LogP contribution in [0.15, 0.2) is 156 Å². The Hall–Kier alpha value is -7.71. The van der Waals surface area contributed by atoms with E-state index in [2.05, 4.69) is 13.8 Å². The molecule has 0 saturated carbocycles. The van der Waals surface area contributed by atoms with E-state index in [1.807, 2.05) is 118 Å². The Kier molecular flexibility index (Phi) is 13.5. The summed E-state index contributed by atoms with van der Waals surface area (Å²) in [6.07, 6.45) is 5.15. The Morgan fingerprint density at radius 2 is 0.647 bits per heavy atom. The highest BCUT2D eigenvalue weighted by molar-refractivity contribution is 5.75. The normalized spacial score (nSPS) is 18.6. The summed E-state index contributed by atoms with van der Waals surface area (Å²) in [5.74, 6) is -5.73. The van der Waals surface area contributed by atoms with E-state index in [1.54, 1.807) is 24.3 Å². The van der Waals surface area contributed by atoms with Gasteiger partial charge < -0.3 is 35.7 Å².